The van der Waals surface area contributed by atoms with Crippen molar-refractivity contribution in [1.29, 1.82) is 0 Å². The van der Waals surface area contributed by atoms with E-state index in [2.05, 4.69) is 20.0 Å². The number of halogens is 15. The van der Waals surface area contributed by atoms with Crippen molar-refractivity contribution in [2.24, 2.45) is 9.98 Å². The average Bonchev–Trinajstić information content (AvgIpc) is 4.14. The zero-order chi connectivity index (χ0) is 51.1. The Morgan fingerprint density at radius 3 is 1.46 bits per heavy atom. The minimum absolute atomic E-state index is 0.323. The van der Waals surface area contributed by atoms with Gasteiger partial charge in [0.05, 0.1) is 69.6 Å². The lowest BCUT2D eigenvalue weighted by molar-refractivity contribution is -0.138. The second kappa shape index (κ2) is 17.9. The molecule has 0 atom stereocenters. The number of fused-ring (bicyclic) bond motifs is 6. The first-order valence-electron chi connectivity index (χ1n) is 20.2. The first-order valence-corrected chi connectivity index (χ1v) is 20.2. The number of benzene rings is 3. The molecule has 0 unspecified atom stereocenters. The molecule has 2 N–H and O–H groups in total. The summed E-state index contributed by atoms with van der Waals surface area (Å²) in [5.41, 5.74) is -14.4. The number of aromatic amines is 2. The molecule has 5 aromatic rings. The second-order valence-corrected chi connectivity index (χ2v) is 15.1. The number of carbonyl (C=O) groups is 2. The van der Waals surface area contributed by atoms with E-state index in [0.717, 1.165) is 38.1 Å². The van der Waals surface area contributed by atoms with E-state index in [0.29, 0.717) is 6.08 Å². The summed E-state index contributed by atoms with van der Waals surface area (Å²) in [5.74, 6) is -40.5. The molecule has 0 saturated carbocycles. The van der Waals surface area contributed by atoms with Gasteiger partial charge in [0.1, 0.15) is 0 Å². The van der Waals surface area contributed by atoms with Gasteiger partial charge in [0.2, 0.25) is 17.5 Å². The Bertz CT molecular complexity index is 3470. The largest absolute Gasteiger partial charge is 0.462 e. The topological polar surface area (TPSA) is 109 Å². The number of esters is 2. The summed E-state index contributed by atoms with van der Waals surface area (Å²) in [6.45, 7) is 4.28. The molecule has 8 bridgehead atoms. The van der Waals surface area contributed by atoms with Crippen molar-refractivity contribution in [3.63, 3.8) is 0 Å². The van der Waals surface area contributed by atoms with Crippen molar-refractivity contribution in [2.45, 2.75) is 34.1 Å². The van der Waals surface area contributed by atoms with Crippen molar-refractivity contribution in [3.8, 4) is 0 Å². The quantitative estimate of drug-likeness (QED) is 0.0734. The van der Waals surface area contributed by atoms with Crippen LogP contribution in [0.4, 0.5) is 65.9 Å². The zero-order valence-corrected chi connectivity index (χ0v) is 35.7. The first kappa shape index (κ1) is 48.6. The molecule has 0 spiro atoms. The summed E-state index contributed by atoms with van der Waals surface area (Å²) in [5, 5.41) is -1.64. The molecule has 0 fully saturated rings. The van der Waals surface area contributed by atoms with E-state index in [1.165, 1.54) is 13.8 Å². The van der Waals surface area contributed by atoms with Gasteiger partial charge in [0.15, 0.2) is 69.8 Å². The predicted molar refractivity (Wildman–Crippen MR) is 216 cm³/mol. The van der Waals surface area contributed by atoms with Crippen LogP contribution in [0.15, 0.2) is 62.9 Å². The second-order valence-electron chi connectivity index (χ2n) is 15.1. The first-order chi connectivity index (χ1) is 33.1. The van der Waals surface area contributed by atoms with E-state index in [-0.39, 0.29) is 24.5 Å². The molecule has 362 valence electrons. The summed E-state index contributed by atoms with van der Waals surface area (Å²) < 4.78 is 241. The van der Waals surface area contributed by atoms with Gasteiger partial charge in [-0.25, -0.2) is 85.4 Å². The van der Waals surface area contributed by atoms with Gasteiger partial charge in [-0.05, 0) is 63.1 Å². The normalized spacial score (nSPS) is 18.0. The smallest absolute Gasteiger partial charge is 0.340 e. The third-order valence-electron chi connectivity index (χ3n) is 11.2. The molecule has 3 aliphatic heterocycles. The fourth-order valence-electron chi connectivity index (χ4n) is 8.13. The molecule has 0 saturated heterocycles. The minimum Gasteiger partial charge on any atom is -0.462 e. The standard InChI is InChI=1S/C47H25F15N4O4/c1-5-69-46(67)21-13(3)44-24(27-31(50)37(56)42(61)38(57)32(27)51)19-11-9-17(63-19)23(26-29(48)35(54)41(60)36(55)30(26)49)18-10-12-20(64-18)25(28-33(52)39(58)43(62)40(59)34(28)53)45-14(4)22(47(68)70-6-2)16(66-45)8-7-15(21)65-44/h7,9-12,63,66H,5-6,8H2,1-4H3/b15-7-,23-17+,24-19-,25-20-. The van der Waals surface area contributed by atoms with E-state index in [9.17, 15) is 22.8 Å². The molecule has 3 aromatic carbocycles. The van der Waals surface area contributed by atoms with Crippen molar-refractivity contribution >= 4 is 40.1 Å². The van der Waals surface area contributed by atoms with Crippen LogP contribution in [-0.4, -0.2) is 46.5 Å². The Hall–Kier alpha value is -7.85. The number of aliphatic imine (C=N–C) groups is 2. The van der Waals surface area contributed by atoms with Crippen LogP contribution >= 0.6 is 0 Å². The van der Waals surface area contributed by atoms with E-state index in [1.807, 2.05) is 0 Å². The number of rotatable bonds is 7. The number of allylic oxidation sites excluding steroid dienone is 4. The Morgan fingerprint density at radius 2 is 0.971 bits per heavy atom. The SMILES string of the molecule is CCOC(=O)C1=C(C)C2=NC/1=C\Cc1[nH]c(c(C)c1C(=O)OCC)/C(c1c(F)c(F)c(F)c(F)c1F)=C1/C=CC(=N1)/C(c1c(F)c(F)c(F)c(F)c1F)=c1/cc/c([nH]1)=C/2c1c(F)c(F)c(F)c(F)c1F. The highest BCUT2D eigenvalue weighted by Gasteiger charge is 2.38. The molecule has 0 amide bonds. The zero-order valence-electron chi connectivity index (χ0n) is 35.7. The van der Waals surface area contributed by atoms with Gasteiger partial charge in [-0.2, -0.15) is 0 Å². The average molecular weight is 995 g/mol. The summed E-state index contributed by atoms with van der Waals surface area (Å²) in [4.78, 5) is 40.8. The fraction of sp³-hybridized carbons (Fsp3) is 0.149. The molecule has 0 radical (unpaired) electrons. The highest BCUT2D eigenvalue weighted by molar-refractivity contribution is 6.35. The number of hydrogen-bond donors (Lipinski definition) is 2. The van der Waals surface area contributed by atoms with E-state index < -0.39 is 195 Å². The molecular weight excluding hydrogens is 970 g/mol. The number of nitrogens with zero attached hydrogens (tertiary/aromatic N) is 2. The monoisotopic (exact) mass is 994 g/mol. The Kier molecular flexibility index (Phi) is 12.4. The fourth-order valence-corrected chi connectivity index (χ4v) is 8.13. The molecule has 23 heteroatoms. The number of nitrogens with one attached hydrogen (secondary N) is 2. The van der Waals surface area contributed by atoms with Crippen LogP contribution < -0.4 is 10.7 Å². The lowest BCUT2D eigenvalue weighted by Gasteiger charge is -2.14. The molecule has 2 aromatic heterocycles. The molecular formula is C47H25F15N4O4. The Morgan fingerprint density at radius 1 is 0.543 bits per heavy atom. The maximum atomic E-state index is 16.1. The molecule has 3 aliphatic rings. The number of ether oxygens (including phenoxy) is 2. The van der Waals surface area contributed by atoms with Crippen LogP contribution in [0.5, 0.6) is 0 Å². The van der Waals surface area contributed by atoms with Gasteiger partial charge in [-0.3, -0.25) is 0 Å². The maximum absolute atomic E-state index is 16.1. The Labute approximate surface area is 381 Å². The lowest BCUT2D eigenvalue weighted by Crippen LogP contribution is -2.25. The molecule has 0 aliphatic carbocycles. The lowest BCUT2D eigenvalue weighted by atomic mass is 9.93. The van der Waals surface area contributed by atoms with Crippen molar-refractivity contribution in [3.05, 3.63) is 190 Å². The predicted octanol–water partition coefficient (Wildman–Crippen LogP) is 9.56. The minimum atomic E-state index is -2.67. The summed E-state index contributed by atoms with van der Waals surface area (Å²) in [6.07, 6.45) is 1.87. The van der Waals surface area contributed by atoms with Gasteiger partial charge < -0.3 is 19.4 Å². The van der Waals surface area contributed by atoms with E-state index >= 15 is 52.7 Å². The number of carbonyl (C=O) groups excluding carboxylic acids is 2. The van der Waals surface area contributed by atoms with Crippen LogP contribution in [0.2, 0.25) is 0 Å². The highest BCUT2D eigenvalue weighted by atomic mass is 19.2. The molecule has 5 heterocycles. The van der Waals surface area contributed by atoms with E-state index in [1.54, 1.807) is 0 Å². The third-order valence-corrected chi connectivity index (χ3v) is 11.2. The van der Waals surface area contributed by atoms with Gasteiger partial charge in [0.25, 0.3) is 0 Å². The molecule has 70 heavy (non-hydrogen) atoms. The number of hydrogen-bond acceptors (Lipinski definition) is 6. The van der Waals surface area contributed by atoms with Gasteiger partial charge in [-0.1, -0.05) is 6.08 Å². The summed E-state index contributed by atoms with van der Waals surface area (Å²) in [6, 6.07) is 1.51. The van der Waals surface area contributed by atoms with Crippen LogP contribution in [0, 0.1) is 94.2 Å². The van der Waals surface area contributed by atoms with Crippen molar-refractivity contribution < 1.29 is 84.9 Å². The van der Waals surface area contributed by atoms with Gasteiger partial charge in [0, 0.05) is 39.5 Å². The summed E-state index contributed by atoms with van der Waals surface area (Å²) >= 11 is 0. The van der Waals surface area contributed by atoms with Crippen molar-refractivity contribution in [1.82, 2.24) is 9.97 Å². The van der Waals surface area contributed by atoms with E-state index in [4.69, 9.17) is 9.47 Å². The third kappa shape index (κ3) is 7.36. The molecule has 8 rings (SSSR count). The van der Waals surface area contributed by atoms with Crippen LogP contribution in [0.1, 0.15) is 64.8 Å². The number of aromatic nitrogens is 2. The Balaban J connectivity index is 1.65. The van der Waals surface area contributed by atoms with Gasteiger partial charge >= 0.3 is 11.9 Å². The van der Waals surface area contributed by atoms with Crippen LogP contribution in [0.3, 0.4) is 0 Å². The van der Waals surface area contributed by atoms with Crippen molar-refractivity contribution in [2.75, 3.05) is 13.2 Å². The van der Waals surface area contributed by atoms with Crippen LogP contribution in [0.25, 0.3) is 16.7 Å². The summed E-state index contributed by atoms with van der Waals surface area (Å²) in [7, 11) is 0. The number of H-pyrrole nitrogens is 2. The van der Waals surface area contributed by atoms with Crippen LogP contribution in [-0.2, 0) is 20.7 Å². The van der Waals surface area contributed by atoms with Gasteiger partial charge in [-0.15, -0.1) is 0 Å². The highest BCUT2D eigenvalue weighted by Crippen LogP contribution is 2.41. The molecule has 8 nitrogen and oxygen atoms in total. The maximum Gasteiger partial charge on any atom is 0.340 e.